The first-order valence-electron chi connectivity index (χ1n) is 9.64. The molecule has 0 unspecified atom stereocenters. The van der Waals surface area contributed by atoms with E-state index in [4.69, 9.17) is 4.74 Å². The molecule has 0 atom stereocenters. The van der Waals surface area contributed by atoms with Gasteiger partial charge in [-0.3, -0.25) is 9.59 Å². The van der Waals surface area contributed by atoms with Crippen LogP contribution in [0.1, 0.15) is 29.8 Å². The first-order chi connectivity index (χ1) is 14.3. The van der Waals surface area contributed by atoms with E-state index in [1.807, 2.05) is 32.0 Å². The minimum atomic E-state index is -3.87. The molecule has 0 bridgehead atoms. The maximum Gasteiger partial charge on any atom is 0.255 e. The molecule has 2 aromatic carbocycles. The summed E-state index contributed by atoms with van der Waals surface area (Å²) < 4.78 is 32.4. The largest absolute Gasteiger partial charge is 0.374 e. The van der Waals surface area contributed by atoms with Crippen LogP contribution in [0.3, 0.4) is 0 Å². The van der Waals surface area contributed by atoms with E-state index in [-0.39, 0.29) is 42.1 Å². The lowest BCUT2D eigenvalue weighted by Crippen LogP contribution is -2.49. The predicted octanol–water partition coefficient (Wildman–Crippen LogP) is 1.98. The van der Waals surface area contributed by atoms with Gasteiger partial charge in [0.25, 0.3) is 5.91 Å². The first kappa shape index (κ1) is 21.9. The third kappa shape index (κ3) is 5.44. The van der Waals surface area contributed by atoms with E-state index >= 15 is 0 Å². The quantitative estimate of drug-likeness (QED) is 0.698. The molecule has 0 aliphatic carbocycles. The zero-order valence-electron chi connectivity index (χ0n) is 16.9. The average Bonchev–Trinajstić information content (AvgIpc) is 2.72. The summed E-state index contributed by atoms with van der Waals surface area (Å²) in [4.78, 5) is 24.2. The van der Waals surface area contributed by atoms with Crippen LogP contribution in [0.2, 0.25) is 0 Å². The van der Waals surface area contributed by atoms with Crippen LogP contribution in [-0.4, -0.2) is 50.3 Å². The van der Waals surface area contributed by atoms with Gasteiger partial charge in [-0.25, -0.2) is 8.42 Å². The second-order valence-electron chi connectivity index (χ2n) is 7.23. The smallest absolute Gasteiger partial charge is 0.255 e. The zero-order valence-corrected chi connectivity index (χ0v) is 17.7. The van der Waals surface area contributed by atoms with Crippen LogP contribution < -0.4 is 10.6 Å². The Bertz CT molecular complexity index is 1040. The van der Waals surface area contributed by atoms with Crippen LogP contribution >= 0.6 is 0 Å². The summed E-state index contributed by atoms with van der Waals surface area (Å²) in [5.74, 6) is -0.773. The number of rotatable bonds is 7. The summed E-state index contributed by atoms with van der Waals surface area (Å²) in [6.07, 6.45) is 0.0962. The van der Waals surface area contributed by atoms with Gasteiger partial charge >= 0.3 is 0 Å². The third-order valence-corrected chi connectivity index (χ3v) is 6.35. The van der Waals surface area contributed by atoms with Crippen molar-refractivity contribution in [3.8, 4) is 0 Å². The summed E-state index contributed by atoms with van der Waals surface area (Å²) in [6.45, 7) is 4.54. The molecule has 1 saturated heterocycles. The molecule has 30 heavy (non-hydrogen) atoms. The van der Waals surface area contributed by atoms with Crippen molar-refractivity contribution in [1.82, 2.24) is 9.62 Å². The Hall–Kier alpha value is -2.75. The number of ether oxygens (including phenoxy) is 1. The Labute approximate surface area is 176 Å². The Morgan fingerprint density at radius 1 is 1.20 bits per heavy atom. The normalized spacial score (nSPS) is 15.1. The number of benzene rings is 2. The molecule has 3 rings (SSSR count). The summed E-state index contributed by atoms with van der Waals surface area (Å²) in [5.41, 5.74) is 1.72. The maximum absolute atomic E-state index is 12.8. The molecule has 0 radical (unpaired) electrons. The van der Waals surface area contributed by atoms with Gasteiger partial charge < -0.3 is 15.4 Å². The molecule has 2 amide bonds. The van der Waals surface area contributed by atoms with Gasteiger partial charge in [0, 0.05) is 24.3 Å². The number of sulfonamides is 1. The van der Waals surface area contributed by atoms with Crippen molar-refractivity contribution < 1.29 is 22.7 Å². The topological polar surface area (TPSA) is 105 Å². The number of nitrogens with one attached hydrogen (secondary N) is 2. The van der Waals surface area contributed by atoms with Gasteiger partial charge in [0.05, 0.1) is 24.2 Å². The van der Waals surface area contributed by atoms with E-state index < -0.39 is 15.9 Å². The van der Waals surface area contributed by atoms with Gasteiger partial charge in [0.15, 0.2) is 0 Å². The van der Waals surface area contributed by atoms with Crippen molar-refractivity contribution in [3.63, 3.8) is 0 Å². The molecule has 0 aromatic heterocycles. The highest BCUT2D eigenvalue weighted by molar-refractivity contribution is 7.89. The number of anilines is 1. The molecule has 0 spiro atoms. The molecule has 1 fully saturated rings. The molecule has 0 saturated carbocycles. The number of hydrogen-bond donors (Lipinski definition) is 2. The molecule has 2 N–H and O–H groups in total. The Balaban J connectivity index is 1.75. The third-order valence-electron chi connectivity index (χ3n) is 4.51. The molecule has 160 valence electrons. The second-order valence-corrected chi connectivity index (χ2v) is 9.17. The minimum Gasteiger partial charge on any atom is -0.374 e. The van der Waals surface area contributed by atoms with Crippen molar-refractivity contribution >= 4 is 27.5 Å². The van der Waals surface area contributed by atoms with Crippen LogP contribution in [0.4, 0.5) is 5.69 Å². The zero-order chi connectivity index (χ0) is 21.7. The summed E-state index contributed by atoms with van der Waals surface area (Å²) in [7, 11) is -3.87. The van der Waals surface area contributed by atoms with Crippen LogP contribution in [-0.2, 0) is 26.2 Å². The molecule has 9 heteroatoms. The van der Waals surface area contributed by atoms with Crippen LogP contribution in [0.15, 0.2) is 53.4 Å². The highest BCUT2D eigenvalue weighted by Gasteiger charge is 2.29. The van der Waals surface area contributed by atoms with Crippen molar-refractivity contribution in [2.75, 3.05) is 25.0 Å². The van der Waals surface area contributed by atoms with E-state index in [2.05, 4.69) is 10.6 Å². The maximum atomic E-state index is 12.8. The lowest BCUT2D eigenvalue weighted by Gasteiger charge is -2.26. The fourth-order valence-electron chi connectivity index (χ4n) is 2.97. The molecule has 1 heterocycles. The van der Waals surface area contributed by atoms with Crippen molar-refractivity contribution in [2.45, 2.75) is 31.5 Å². The van der Waals surface area contributed by atoms with E-state index in [1.165, 1.54) is 18.2 Å². The lowest BCUT2D eigenvalue weighted by atomic mass is 10.2. The number of carbonyl (C=O) groups excluding carboxylic acids is 2. The van der Waals surface area contributed by atoms with Gasteiger partial charge in [-0.15, -0.1) is 0 Å². The fraction of sp³-hybridized carbons (Fsp3) is 0.333. The van der Waals surface area contributed by atoms with Gasteiger partial charge in [0.1, 0.15) is 0 Å². The Morgan fingerprint density at radius 2 is 1.97 bits per heavy atom. The van der Waals surface area contributed by atoms with Gasteiger partial charge in [-0.2, -0.15) is 4.31 Å². The summed E-state index contributed by atoms with van der Waals surface area (Å²) >= 11 is 0. The monoisotopic (exact) mass is 431 g/mol. The fourth-order valence-corrected chi connectivity index (χ4v) is 4.42. The average molecular weight is 432 g/mol. The Kier molecular flexibility index (Phi) is 6.86. The van der Waals surface area contributed by atoms with Crippen molar-refractivity contribution in [3.05, 3.63) is 59.7 Å². The van der Waals surface area contributed by atoms with Gasteiger partial charge in [0.2, 0.25) is 15.9 Å². The Morgan fingerprint density at radius 3 is 2.70 bits per heavy atom. The number of carbonyl (C=O) groups is 2. The molecular weight excluding hydrogens is 406 g/mol. The summed E-state index contributed by atoms with van der Waals surface area (Å²) in [5, 5.41) is 5.38. The predicted molar refractivity (Wildman–Crippen MR) is 113 cm³/mol. The number of piperazine rings is 1. The van der Waals surface area contributed by atoms with Gasteiger partial charge in [-0.1, -0.05) is 18.2 Å². The SMILES string of the molecule is CC(C)OCc1cccc(NC(=O)c2cccc(S(=O)(=O)N3CCNC(=O)C3)c2)c1. The van der Waals surface area contributed by atoms with Crippen LogP contribution in [0.5, 0.6) is 0 Å². The minimum absolute atomic E-state index is 0.0241. The molecule has 1 aliphatic rings. The van der Waals surface area contributed by atoms with Crippen LogP contribution in [0, 0.1) is 0 Å². The van der Waals surface area contributed by atoms with E-state index in [0.29, 0.717) is 12.3 Å². The molecule has 2 aromatic rings. The molecule has 1 aliphatic heterocycles. The van der Waals surface area contributed by atoms with Crippen molar-refractivity contribution in [2.24, 2.45) is 0 Å². The lowest BCUT2D eigenvalue weighted by molar-refractivity contribution is -0.122. The number of amides is 2. The van der Waals surface area contributed by atoms with Crippen LogP contribution in [0.25, 0.3) is 0 Å². The van der Waals surface area contributed by atoms with Crippen molar-refractivity contribution in [1.29, 1.82) is 0 Å². The first-order valence-corrected chi connectivity index (χ1v) is 11.1. The standard InChI is InChI=1S/C21H25N3O5S/c1-15(2)29-14-16-5-3-7-18(11-16)23-21(26)17-6-4-8-19(12-17)30(27,28)24-10-9-22-20(25)13-24/h3-8,11-12,15H,9-10,13-14H2,1-2H3,(H,22,25)(H,23,26). The van der Waals surface area contributed by atoms with Gasteiger partial charge in [-0.05, 0) is 49.7 Å². The highest BCUT2D eigenvalue weighted by Crippen LogP contribution is 2.19. The summed E-state index contributed by atoms with van der Waals surface area (Å²) in [6, 6.07) is 13.1. The van der Waals surface area contributed by atoms with E-state index in [1.54, 1.807) is 12.1 Å². The molecule has 8 nitrogen and oxygen atoms in total. The number of nitrogens with zero attached hydrogens (tertiary/aromatic N) is 1. The highest BCUT2D eigenvalue weighted by atomic mass is 32.2. The number of hydrogen-bond acceptors (Lipinski definition) is 5. The van der Waals surface area contributed by atoms with E-state index in [9.17, 15) is 18.0 Å². The molecular formula is C21H25N3O5S. The van der Waals surface area contributed by atoms with E-state index in [0.717, 1.165) is 9.87 Å². The second kappa shape index (κ2) is 9.38.